The number of methoxy groups -OCH3 is 3. The van der Waals surface area contributed by atoms with Crippen molar-refractivity contribution in [1.82, 2.24) is 9.88 Å². The van der Waals surface area contributed by atoms with E-state index in [4.69, 9.17) is 14.2 Å². The van der Waals surface area contributed by atoms with Crippen LogP contribution in [0.15, 0.2) is 36.5 Å². The molecule has 2 aromatic rings. The molecule has 1 fully saturated rings. The Hall–Kier alpha value is -3.29. The first kappa shape index (κ1) is 18.5. The minimum atomic E-state index is -0.243. The smallest absolute Gasteiger partial charge is 0.254 e. The Labute approximate surface area is 157 Å². The summed E-state index contributed by atoms with van der Waals surface area (Å²) in [7, 11) is 4.57. The first-order chi connectivity index (χ1) is 13.0. The molecule has 142 valence electrons. The van der Waals surface area contributed by atoms with Gasteiger partial charge in [-0.15, -0.1) is 0 Å². The molecule has 1 aliphatic heterocycles. The van der Waals surface area contributed by atoms with Crippen LogP contribution < -0.4 is 19.1 Å². The number of amides is 2. The summed E-state index contributed by atoms with van der Waals surface area (Å²) in [6.45, 7) is 0.788. The predicted octanol–water partition coefficient (Wildman–Crippen LogP) is 1.60. The number of aromatic nitrogens is 1. The van der Waals surface area contributed by atoms with E-state index in [1.165, 1.54) is 26.2 Å². The number of ether oxygens (including phenoxy) is 3. The molecule has 0 saturated carbocycles. The van der Waals surface area contributed by atoms with E-state index in [0.717, 1.165) is 0 Å². The summed E-state index contributed by atoms with van der Waals surface area (Å²) in [6.07, 6.45) is 1.58. The highest BCUT2D eigenvalue weighted by Crippen LogP contribution is 2.25. The average Bonchev–Trinajstić information content (AvgIpc) is 2.72. The molecule has 8 heteroatoms. The van der Waals surface area contributed by atoms with Crippen molar-refractivity contribution < 1.29 is 23.8 Å². The zero-order valence-electron chi connectivity index (χ0n) is 15.5. The van der Waals surface area contributed by atoms with Crippen LogP contribution in [-0.4, -0.2) is 62.7 Å². The van der Waals surface area contributed by atoms with Crippen molar-refractivity contribution in [3.63, 3.8) is 0 Å². The molecule has 0 atom stereocenters. The fourth-order valence-corrected chi connectivity index (χ4v) is 2.91. The minimum absolute atomic E-state index is 0.0109. The van der Waals surface area contributed by atoms with E-state index >= 15 is 0 Å². The molecule has 0 aliphatic carbocycles. The van der Waals surface area contributed by atoms with Crippen LogP contribution in [0, 0.1) is 0 Å². The van der Waals surface area contributed by atoms with Gasteiger partial charge in [0, 0.05) is 37.0 Å². The van der Waals surface area contributed by atoms with E-state index in [2.05, 4.69) is 4.98 Å². The van der Waals surface area contributed by atoms with Crippen LogP contribution in [0.2, 0.25) is 0 Å². The number of nitrogens with zero attached hydrogens (tertiary/aromatic N) is 3. The zero-order chi connectivity index (χ0) is 19.4. The SMILES string of the molecule is COc1cc(OC)cc(C(=O)N2CCN(c3ccnc(OC)c3)C(=O)C2)c1. The van der Waals surface area contributed by atoms with Crippen molar-refractivity contribution in [2.24, 2.45) is 0 Å². The molecular weight excluding hydrogens is 350 g/mol. The number of anilines is 1. The van der Waals surface area contributed by atoms with E-state index in [1.807, 2.05) is 0 Å². The third-order valence-electron chi connectivity index (χ3n) is 4.35. The van der Waals surface area contributed by atoms with E-state index in [1.54, 1.807) is 41.4 Å². The van der Waals surface area contributed by atoms with E-state index in [-0.39, 0.29) is 18.4 Å². The monoisotopic (exact) mass is 371 g/mol. The topological polar surface area (TPSA) is 81.2 Å². The van der Waals surface area contributed by atoms with Gasteiger partial charge in [0.2, 0.25) is 11.8 Å². The first-order valence-electron chi connectivity index (χ1n) is 8.38. The Morgan fingerprint density at radius 3 is 2.30 bits per heavy atom. The maximum Gasteiger partial charge on any atom is 0.254 e. The largest absolute Gasteiger partial charge is 0.497 e. The third-order valence-corrected chi connectivity index (χ3v) is 4.35. The molecule has 1 aliphatic rings. The normalized spacial score (nSPS) is 14.1. The van der Waals surface area contributed by atoms with Crippen molar-refractivity contribution in [1.29, 1.82) is 0 Å². The standard InChI is InChI=1S/C19H21N3O5/c1-25-15-8-13(9-16(11-15)26-2)19(24)21-6-7-22(18(23)12-21)14-4-5-20-17(10-14)27-3/h4-5,8-11H,6-7,12H2,1-3H3. The second kappa shape index (κ2) is 7.94. The van der Waals surface area contributed by atoms with Gasteiger partial charge in [0.15, 0.2) is 0 Å². The van der Waals surface area contributed by atoms with E-state index in [9.17, 15) is 9.59 Å². The van der Waals surface area contributed by atoms with Crippen LogP contribution in [0.25, 0.3) is 0 Å². The van der Waals surface area contributed by atoms with Gasteiger partial charge in [0.25, 0.3) is 5.91 Å². The Morgan fingerprint density at radius 2 is 1.70 bits per heavy atom. The van der Waals surface area contributed by atoms with Crippen LogP contribution >= 0.6 is 0 Å². The van der Waals surface area contributed by atoms with Crippen molar-refractivity contribution in [2.75, 3.05) is 45.9 Å². The van der Waals surface area contributed by atoms with Gasteiger partial charge < -0.3 is 24.0 Å². The molecule has 1 aromatic carbocycles. The summed E-state index contributed by atoms with van der Waals surface area (Å²) in [6, 6.07) is 8.40. The van der Waals surface area contributed by atoms with Crippen LogP contribution in [0.5, 0.6) is 17.4 Å². The maximum atomic E-state index is 12.8. The highest BCUT2D eigenvalue weighted by atomic mass is 16.5. The number of hydrogen-bond acceptors (Lipinski definition) is 6. The summed E-state index contributed by atoms with van der Waals surface area (Å²) >= 11 is 0. The molecule has 3 rings (SSSR count). The van der Waals surface area contributed by atoms with Crippen LogP contribution in [0.1, 0.15) is 10.4 Å². The number of benzene rings is 1. The fraction of sp³-hybridized carbons (Fsp3) is 0.316. The van der Waals surface area contributed by atoms with Gasteiger partial charge in [0.1, 0.15) is 18.0 Å². The number of piperazine rings is 1. The lowest BCUT2D eigenvalue weighted by atomic mass is 10.1. The van der Waals surface area contributed by atoms with Gasteiger partial charge >= 0.3 is 0 Å². The molecule has 27 heavy (non-hydrogen) atoms. The number of carbonyl (C=O) groups excluding carboxylic acids is 2. The minimum Gasteiger partial charge on any atom is -0.497 e. The lowest BCUT2D eigenvalue weighted by Gasteiger charge is -2.34. The van der Waals surface area contributed by atoms with E-state index in [0.29, 0.717) is 41.7 Å². The number of pyridine rings is 1. The lowest BCUT2D eigenvalue weighted by Crippen LogP contribution is -2.52. The Morgan fingerprint density at radius 1 is 1.00 bits per heavy atom. The van der Waals surface area contributed by atoms with Crippen molar-refractivity contribution in [2.45, 2.75) is 0 Å². The highest BCUT2D eigenvalue weighted by molar-refractivity contribution is 6.02. The molecule has 1 aromatic heterocycles. The molecule has 2 heterocycles. The molecular formula is C19H21N3O5. The molecule has 8 nitrogen and oxygen atoms in total. The second-order valence-corrected chi connectivity index (χ2v) is 5.93. The molecule has 0 N–H and O–H groups in total. The number of carbonyl (C=O) groups is 2. The van der Waals surface area contributed by atoms with Crippen LogP contribution in [0.4, 0.5) is 5.69 Å². The van der Waals surface area contributed by atoms with Crippen molar-refractivity contribution in [3.8, 4) is 17.4 Å². The summed E-state index contributed by atoms with van der Waals surface area (Å²) in [5.41, 5.74) is 1.11. The predicted molar refractivity (Wildman–Crippen MR) is 98.6 cm³/mol. The van der Waals surface area contributed by atoms with Gasteiger partial charge in [0.05, 0.1) is 27.0 Å². The zero-order valence-corrected chi connectivity index (χ0v) is 15.5. The summed E-state index contributed by atoms with van der Waals surface area (Å²) in [5, 5.41) is 0. The Kier molecular flexibility index (Phi) is 5.44. The fourth-order valence-electron chi connectivity index (χ4n) is 2.91. The second-order valence-electron chi connectivity index (χ2n) is 5.93. The molecule has 1 saturated heterocycles. The maximum absolute atomic E-state index is 12.8. The first-order valence-corrected chi connectivity index (χ1v) is 8.38. The van der Waals surface area contributed by atoms with Crippen LogP contribution in [0.3, 0.4) is 0 Å². The average molecular weight is 371 g/mol. The van der Waals surface area contributed by atoms with Crippen molar-refractivity contribution in [3.05, 3.63) is 42.1 Å². The van der Waals surface area contributed by atoms with Gasteiger partial charge in [-0.3, -0.25) is 9.59 Å². The van der Waals surface area contributed by atoms with Gasteiger partial charge in [-0.1, -0.05) is 0 Å². The summed E-state index contributed by atoms with van der Waals surface area (Å²) in [4.78, 5) is 32.6. The van der Waals surface area contributed by atoms with Gasteiger partial charge in [-0.05, 0) is 18.2 Å². The summed E-state index contributed by atoms with van der Waals surface area (Å²) < 4.78 is 15.5. The quantitative estimate of drug-likeness (QED) is 0.794. The molecule has 0 radical (unpaired) electrons. The Bertz CT molecular complexity index is 833. The lowest BCUT2D eigenvalue weighted by molar-refractivity contribution is -0.120. The van der Waals surface area contributed by atoms with E-state index < -0.39 is 0 Å². The van der Waals surface area contributed by atoms with Gasteiger partial charge in [-0.2, -0.15) is 0 Å². The Balaban J connectivity index is 1.76. The van der Waals surface area contributed by atoms with Gasteiger partial charge in [-0.25, -0.2) is 4.98 Å². The highest BCUT2D eigenvalue weighted by Gasteiger charge is 2.29. The molecule has 0 bridgehead atoms. The van der Waals surface area contributed by atoms with Crippen LogP contribution in [-0.2, 0) is 4.79 Å². The number of rotatable bonds is 5. The molecule has 0 unspecified atom stereocenters. The third kappa shape index (κ3) is 3.94. The summed E-state index contributed by atoms with van der Waals surface area (Å²) in [5.74, 6) is 1.06. The van der Waals surface area contributed by atoms with Crippen molar-refractivity contribution >= 4 is 17.5 Å². The molecule has 0 spiro atoms. The number of hydrogen-bond donors (Lipinski definition) is 0. The molecule has 2 amide bonds.